The number of fused-ring (bicyclic) bond motifs is 1. The number of aliphatic carboxylic acids is 1. The molecule has 0 unspecified atom stereocenters. The Kier molecular flexibility index (Phi) is 11.7. The van der Waals surface area contributed by atoms with Crippen LogP contribution in [0, 0.1) is 5.92 Å². The number of nitrogens with zero attached hydrogens (tertiary/aromatic N) is 1. The third-order valence-electron chi connectivity index (χ3n) is 8.48. The maximum Gasteiger partial charge on any atom is 0.306 e. The number of benzene rings is 3. The lowest BCUT2D eigenvalue weighted by Crippen LogP contribution is -2.25. The molecule has 40 heavy (non-hydrogen) atoms. The Morgan fingerprint density at radius 1 is 0.875 bits per heavy atom. The van der Waals surface area contributed by atoms with E-state index in [-0.39, 0.29) is 5.92 Å². The number of hydrogen-bond donors (Lipinski definition) is 1. The topological polar surface area (TPSA) is 49.8 Å². The normalized spacial score (nSPS) is 18.6. The van der Waals surface area contributed by atoms with E-state index in [1.807, 2.05) is 13.8 Å². The van der Waals surface area contributed by atoms with Crippen LogP contribution >= 0.6 is 0 Å². The maximum atomic E-state index is 10.5. The first-order chi connectivity index (χ1) is 19.6. The number of carboxylic acid groups (broad SMARTS) is 1. The molecule has 1 aliphatic heterocycles. The molecular formula is C36H47NO3. The largest absolute Gasteiger partial charge is 0.492 e. The van der Waals surface area contributed by atoms with Gasteiger partial charge in [-0.15, -0.1) is 0 Å². The second-order valence-corrected chi connectivity index (χ2v) is 11.3. The van der Waals surface area contributed by atoms with Gasteiger partial charge >= 0.3 is 5.97 Å². The lowest BCUT2D eigenvalue weighted by Gasteiger charge is -2.34. The van der Waals surface area contributed by atoms with E-state index in [2.05, 4.69) is 83.8 Å². The fraction of sp³-hybridized carbons (Fsp3) is 0.472. The van der Waals surface area contributed by atoms with E-state index in [4.69, 9.17) is 9.84 Å². The SMILES string of the molecule is CCCC(CCC)C(=O)O.c1ccc([C@H]2CCc3ccccc3[C@H]2c2ccc(OCCN3CCCC3)cc2)cc1. The molecule has 4 heteroatoms. The summed E-state index contributed by atoms with van der Waals surface area (Å²) in [6.07, 6.45) is 8.60. The molecule has 0 saturated carbocycles. The quantitative estimate of drug-likeness (QED) is 0.265. The molecule has 5 rings (SSSR count). The highest BCUT2D eigenvalue weighted by molar-refractivity contribution is 5.69. The van der Waals surface area contributed by atoms with E-state index in [1.54, 1.807) is 0 Å². The van der Waals surface area contributed by atoms with Gasteiger partial charge in [0, 0.05) is 12.5 Å². The highest BCUT2D eigenvalue weighted by Crippen LogP contribution is 2.46. The molecule has 3 aromatic rings. The molecule has 1 fully saturated rings. The van der Waals surface area contributed by atoms with Gasteiger partial charge in [-0.05, 0) is 91.9 Å². The van der Waals surface area contributed by atoms with E-state index in [1.165, 1.54) is 54.6 Å². The molecule has 0 spiro atoms. The van der Waals surface area contributed by atoms with E-state index >= 15 is 0 Å². The monoisotopic (exact) mass is 541 g/mol. The van der Waals surface area contributed by atoms with Crippen molar-refractivity contribution in [3.63, 3.8) is 0 Å². The molecule has 2 aliphatic rings. The number of hydrogen-bond acceptors (Lipinski definition) is 3. The van der Waals surface area contributed by atoms with Crippen LogP contribution in [0.2, 0.25) is 0 Å². The van der Waals surface area contributed by atoms with Crippen LogP contribution < -0.4 is 4.74 Å². The maximum absolute atomic E-state index is 10.5. The summed E-state index contributed by atoms with van der Waals surface area (Å²) in [5.41, 5.74) is 5.83. The third kappa shape index (κ3) is 8.20. The number of ether oxygens (including phenoxy) is 1. The van der Waals surface area contributed by atoms with E-state index in [9.17, 15) is 4.79 Å². The Balaban J connectivity index is 0.000000318. The van der Waals surface area contributed by atoms with Gasteiger partial charge in [-0.1, -0.05) is 93.4 Å². The fourth-order valence-electron chi connectivity index (χ4n) is 6.39. The van der Waals surface area contributed by atoms with Crippen LogP contribution in [0.1, 0.15) is 92.9 Å². The van der Waals surface area contributed by atoms with Gasteiger partial charge in [0.1, 0.15) is 12.4 Å². The summed E-state index contributed by atoms with van der Waals surface area (Å²) >= 11 is 0. The van der Waals surface area contributed by atoms with E-state index in [0.29, 0.717) is 11.8 Å². The van der Waals surface area contributed by atoms with E-state index in [0.717, 1.165) is 51.0 Å². The van der Waals surface area contributed by atoms with Crippen molar-refractivity contribution in [3.8, 4) is 5.75 Å². The van der Waals surface area contributed by atoms with Gasteiger partial charge in [0.25, 0.3) is 0 Å². The Morgan fingerprint density at radius 3 is 2.17 bits per heavy atom. The van der Waals surface area contributed by atoms with Crippen molar-refractivity contribution in [1.82, 2.24) is 4.90 Å². The minimum atomic E-state index is -0.635. The van der Waals surface area contributed by atoms with Gasteiger partial charge < -0.3 is 9.84 Å². The van der Waals surface area contributed by atoms with Gasteiger partial charge in [-0.25, -0.2) is 0 Å². The van der Waals surface area contributed by atoms with E-state index < -0.39 is 5.97 Å². The van der Waals surface area contributed by atoms with Crippen molar-refractivity contribution < 1.29 is 14.6 Å². The zero-order valence-electron chi connectivity index (χ0n) is 24.4. The van der Waals surface area contributed by atoms with Crippen molar-refractivity contribution in [2.24, 2.45) is 5.92 Å². The first kappa shape index (κ1) is 29.9. The molecule has 1 heterocycles. The minimum absolute atomic E-state index is 0.102. The molecule has 3 aromatic carbocycles. The predicted octanol–water partition coefficient (Wildman–Crippen LogP) is 8.31. The molecular weight excluding hydrogens is 494 g/mol. The minimum Gasteiger partial charge on any atom is -0.492 e. The Bertz CT molecular complexity index is 1150. The first-order valence-electron chi connectivity index (χ1n) is 15.4. The number of likely N-dealkylation sites (tertiary alicyclic amines) is 1. The third-order valence-corrected chi connectivity index (χ3v) is 8.48. The fourth-order valence-corrected chi connectivity index (χ4v) is 6.39. The lowest BCUT2D eigenvalue weighted by atomic mass is 9.69. The predicted molar refractivity (Wildman–Crippen MR) is 164 cm³/mol. The highest BCUT2D eigenvalue weighted by Gasteiger charge is 2.31. The summed E-state index contributed by atoms with van der Waals surface area (Å²) in [5.74, 6) is 1.16. The molecule has 0 radical (unpaired) electrons. The Hall–Kier alpha value is -3.11. The van der Waals surface area contributed by atoms with Crippen molar-refractivity contribution >= 4 is 5.97 Å². The highest BCUT2D eigenvalue weighted by atomic mass is 16.5. The Labute approximate surface area is 241 Å². The van der Waals surface area contributed by atoms with Crippen LogP contribution in [0.5, 0.6) is 5.75 Å². The standard InChI is InChI=1S/C28H31NO.C8H16O2/c1-2-8-22(9-3-1)27-17-14-23-10-4-5-11-26(23)28(27)24-12-15-25(16-13-24)30-21-20-29-18-6-7-19-29;1-3-5-7(6-4-2)8(9)10/h1-5,8-13,15-16,27-28H,6-7,14,17-21H2;7H,3-6H2,1-2H3,(H,9,10)/t27-,28-;/m1./s1. The molecule has 1 aliphatic carbocycles. The van der Waals surface area contributed by atoms with Gasteiger partial charge in [-0.2, -0.15) is 0 Å². The van der Waals surface area contributed by atoms with Crippen LogP contribution in [-0.2, 0) is 11.2 Å². The lowest BCUT2D eigenvalue weighted by molar-refractivity contribution is -0.142. The first-order valence-corrected chi connectivity index (χ1v) is 15.4. The number of aryl methyl sites for hydroxylation is 1. The van der Waals surface area contributed by atoms with Gasteiger partial charge in [-0.3, -0.25) is 9.69 Å². The second kappa shape index (κ2) is 15.6. The van der Waals surface area contributed by atoms with Crippen LogP contribution in [0.4, 0.5) is 0 Å². The van der Waals surface area contributed by atoms with Gasteiger partial charge in [0.2, 0.25) is 0 Å². The summed E-state index contributed by atoms with van der Waals surface area (Å²) in [7, 11) is 0. The van der Waals surface area contributed by atoms with Crippen molar-refractivity contribution in [2.75, 3.05) is 26.2 Å². The van der Waals surface area contributed by atoms with Crippen LogP contribution in [-0.4, -0.2) is 42.2 Å². The molecule has 4 nitrogen and oxygen atoms in total. The molecule has 214 valence electrons. The summed E-state index contributed by atoms with van der Waals surface area (Å²) in [6.45, 7) is 8.30. The smallest absolute Gasteiger partial charge is 0.306 e. The van der Waals surface area contributed by atoms with Gasteiger partial charge in [0.05, 0.1) is 5.92 Å². The molecule has 0 aromatic heterocycles. The molecule has 0 bridgehead atoms. The summed E-state index contributed by atoms with van der Waals surface area (Å²) in [5, 5.41) is 8.64. The summed E-state index contributed by atoms with van der Waals surface area (Å²) in [6, 6.07) is 28.9. The Morgan fingerprint density at radius 2 is 1.52 bits per heavy atom. The molecule has 1 N–H and O–H groups in total. The summed E-state index contributed by atoms with van der Waals surface area (Å²) in [4.78, 5) is 13.0. The number of rotatable bonds is 11. The van der Waals surface area contributed by atoms with Crippen molar-refractivity contribution in [1.29, 1.82) is 0 Å². The molecule has 2 atom stereocenters. The van der Waals surface area contributed by atoms with Crippen molar-refractivity contribution in [3.05, 3.63) is 101 Å². The summed E-state index contributed by atoms with van der Waals surface area (Å²) < 4.78 is 6.05. The van der Waals surface area contributed by atoms with Crippen LogP contribution in [0.25, 0.3) is 0 Å². The number of carbonyl (C=O) groups is 1. The zero-order chi connectivity index (χ0) is 28.2. The average Bonchev–Trinajstić information content (AvgIpc) is 3.51. The number of carboxylic acids is 1. The van der Waals surface area contributed by atoms with Crippen molar-refractivity contribution in [2.45, 2.75) is 77.0 Å². The second-order valence-electron chi connectivity index (χ2n) is 11.3. The van der Waals surface area contributed by atoms with Gasteiger partial charge in [0.15, 0.2) is 0 Å². The molecule has 1 saturated heterocycles. The average molecular weight is 542 g/mol. The van der Waals surface area contributed by atoms with Crippen LogP contribution in [0.15, 0.2) is 78.9 Å². The van der Waals surface area contributed by atoms with Crippen LogP contribution in [0.3, 0.4) is 0 Å². The molecule has 0 amide bonds. The zero-order valence-corrected chi connectivity index (χ0v) is 24.4.